The highest BCUT2D eigenvalue weighted by atomic mass is 32.1. The van der Waals surface area contributed by atoms with Gasteiger partial charge in [0.2, 0.25) is 0 Å². The van der Waals surface area contributed by atoms with Gasteiger partial charge in [0.15, 0.2) is 5.13 Å². The molecule has 0 saturated heterocycles. The number of rotatable bonds is 6. The topological polar surface area (TPSA) is 72.5 Å². The third-order valence-electron chi connectivity index (χ3n) is 3.42. The van der Waals surface area contributed by atoms with Gasteiger partial charge in [-0.1, -0.05) is 18.2 Å². The number of anilines is 3. The molecule has 0 unspecified atom stereocenters. The molecule has 0 radical (unpaired) electrons. The van der Waals surface area contributed by atoms with Crippen molar-refractivity contribution < 1.29 is 14.3 Å². The minimum atomic E-state index is -0.316. The van der Waals surface area contributed by atoms with Crippen LogP contribution >= 0.6 is 11.3 Å². The molecule has 0 aliphatic carbocycles. The highest BCUT2D eigenvalue weighted by Crippen LogP contribution is 2.29. The second-order valence-electron chi connectivity index (χ2n) is 5.05. The van der Waals surface area contributed by atoms with Gasteiger partial charge in [0.05, 0.1) is 19.9 Å². The molecule has 3 aromatic rings. The molecule has 7 heteroatoms. The number of ether oxygens (including phenoxy) is 2. The van der Waals surface area contributed by atoms with E-state index in [2.05, 4.69) is 15.6 Å². The first kappa shape index (κ1) is 16.8. The number of aromatic nitrogens is 1. The van der Waals surface area contributed by atoms with E-state index in [9.17, 15) is 4.79 Å². The summed E-state index contributed by atoms with van der Waals surface area (Å²) in [6, 6.07) is 14.9. The Hall–Kier alpha value is -3.06. The van der Waals surface area contributed by atoms with Crippen LogP contribution in [0.3, 0.4) is 0 Å². The first-order valence-corrected chi connectivity index (χ1v) is 8.38. The number of hydrogen-bond acceptors (Lipinski definition) is 6. The Morgan fingerprint density at radius 1 is 1.08 bits per heavy atom. The van der Waals surface area contributed by atoms with Gasteiger partial charge in [-0.3, -0.25) is 4.79 Å². The van der Waals surface area contributed by atoms with Gasteiger partial charge in [-0.15, -0.1) is 11.3 Å². The van der Waals surface area contributed by atoms with Gasteiger partial charge in [-0.2, -0.15) is 0 Å². The van der Waals surface area contributed by atoms with Gasteiger partial charge in [0.25, 0.3) is 5.91 Å². The standard InChI is InChI=1S/C18H17N3O3S/c1-23-13-8-9-16(24-2)14(10-13)20-17(22)15-11-25-18(21-15)19-12-6-4-3-5-7-12/h3-11H,1-2H3,(H,19,21)(H,20,22). The Labute approximate surface area is 149 Å². The van der Waals surface area contributed by atoms with E-state index in [1.54, 1.807) is 37.8 Å². The van der Waals surface area contributed by atoms with Gasteiger partial charge in [0, 0.05) is 17.1 Å². The van der Waals surface area contributed by atoms with Crippen molar-refractivity contribution in [1.82, 2.24) is 4.98 Å². The van der Waals surface area contributed by atoms with E-state index < -0.39 is 0 Å². The lowest BCUT2D eigenvalue weighted by Gasteiger charge is -2.10. The maximum atomic E-state index is 12.5. The summed E-state index contributed by atoms with van der Waals surface area (Å²) in [5, 5.41) is 8.32. The van der Waals surface area contributed by atoms with Crippen molar-refractivity contribution in [2.45, 2.75) is 0 Å². The van der Waals surface area contributed by atoms with Crippen LogP contribution in [0.5, 0.6) is 11.5 Å². The predicted octanol–water partition coefficient (Wildman–Crippen LogP) is 4.16. The van der Waals surface area contributed by atoms with Crippen LogP contribution in [0.4, 0.5) is 16.5 Å². The molecule has 1 aromatic heterocycles. The Balaban J connectivity index is 1.74. The van der Waals surface area contributed by atoms with Crippen LogP contribution in [0, 0.1) is 0 Å². The number of hydrogen-bond donors (Lipinski definition) is 2. The average molecular weight is 355 g/mol. The van der Waals surface area contributed by atoms with Gasteiger partial charge in [-0.25, -0.2) is 4.98 Å². The van der Waals surface area contributed by atoms with Crippen LogP contribution in [-0.2, 0) is 0 Å². The summed E-state index contributed by atoms with van der Waals surface area (Å²) < 4.78 is 10.4. The lowest BCUT2D eigenvalue weighted by atomic mass is 10.2. The van der Waals surface area contributed by atoms with Crippen LogP contribution in [0.25, 0.3) is 0 Å². The zero-order valence-corrected chi connectivity index (χ0v) is 14.6. The van der Waals surface area contributed by atoms with Crippen LogP contribution in [0.2, 0.25) is 0 Å². The molecule has 1 heterocycles. The van der Waals surface area contributed by atoms with Crippen LogP contribution in [-0.4, -0.2) is 25.1 Å². The normalized spacial score (nSPS) is 10.2. The molecular weight excluding hydrogens is 338 g/mol. The molecule has 2 N–H and O–H groups in total. The second kappa shape index (κ2) is 7.67. The van der Waals surface area contributed by atoms with Crippen LogP contribution in [0.1, 0.15) is 10.5 Å². The SMILES string of the molecule is COc1ccc(OC)c(NC(=O)c2csc(Nc3ccccc3)n2)c1. The second-order valence-corrected chi connectivity index (χ2v) is 5.91. The number of nitrogens with zero attached hydrogens (tertiary/aromatic N) is 1. The molecule has 0 aliphatic heterocycles. The molecule has 0 aliphatic rings. The average Bonchev–Trinajstić information content (AvgIpc) is 3.11. The molecular formula is C18H17N3O3S. The summed E-state index contributed by atoms with van der Waals surface area (Å²) in [7, 11) is 3.11. The minimum Gasteiger partial charge on any atom is -0.497 e. The highest BCUT2D eigenvalue weighted by Gasteiger charge is 2.14. The van der Waals surface area contributed by atoms with Gasteiger partial charge in [-0.05, 0) is 24.3 Å². The zero-order chi connectivity index (χ0) is 17.6. The highest BCUT2D eigenvalue weighted by molar-refractivity contribution is 7.14. The summed E-state index contributed by atoms with van der Waals surface area (Å²) in [5.41, 5.74) is 1.77. The van der Waals surface area contributed by atoms with Crippen LogP contribution in [0.15, 0.2) is 53.9 Å². The Kier molecular flexibility index (Phi) is 5.15. The van der Waals surface area contributed by atoms with E-state index in [-0.39, 0.29) is 5.91 Å². The molecule has 0 atom stereocenters. The molecule has 3 rings (SSSR count). The summed E-state index contributed by atoms with van der Waals surface area (Å²) in [6.07, 6.45) is 0. The summed E-state index contributed by atoms with van der Waals surface area (Å²) in [5.74, 6) is 0.858. The first-order chi connectivity index (χ1) is 12.2. The van der Waals surface area contributed by atoms with Gasteiger partial charge in [0.1, 0.15) is 17.2 Å². The fourth-order valence-electron chi connectivity index (χ4n) is 2.18. The molecule has 2 aromatic carbocycles. The number of benzene rings is 2. The predicted molar refractivity (Wildman–Crippen MR) is 99.3 cm³/mol. The van der Waals surface area contributed by atoms with E-state index in [1.807, 2.05) is 30.3 Å². The number of carbonyl (C=O) groups is 1. The van der Waals surface area contributed by atoms with Crippen molar-refractivity contribution in [2.24, 2.45) is 0 Å². The Morgan fingerprint density at radius 3 is 2.60 bits per heavy atom. The third kappa shape index (κ3) is 4.07. The molecule has 6 nitrogen and oxygen atoms in total. The lowest BCUT2D eigenvalue weighted by Crippen LogP contribution is -2.13. The largest absolute Gasteiger partial charge is 0.497 e. The lowest BCUT2D eigenvalue weighted by molar-refractivity contribution is 0.102. The molecule has 0 fully saturated rings. The van der Waals surface area contributed by atoms with Crippen molar-refractivity contribution in [3.8, 4) is 11.5 Å². The van der Waals surface area contributed by atoms with Gasteiger partial charge >= 0.3 is 0 Å². The quantitative estimate of drug-likeness (QED) is 0.695. The van der Waals surface area contributed by atoms with Crippen molar-refractivity contribution >= 4 is 33.8 Å². The van der Waals surface area contributed by atoms with Crippen molar-refractivity contribution in [3.05, 3.63) is 59.6 Å². The van der Waals surface area contributed by atoms with E-state index in [4.69, 9.17) is 9.47 Å². The number of thiazole rings is 1. The number of carbonyl (C=O) groups excluding carboxylic acids is 1. The maximum Gasteiger partial charge on any atom is 0.275 e. The smallest absolute Gasteiger partial charge is 0.275 e. The summed E-state index contributed by atoms with van der Waals surface area (Å²) in [6.45, 7) is 0. The molecule has 0 spiro atoms. The molecule has 128 valence electrons. The van der Waals surface area contributed by atoms with E-state index in [1.165, 1.54) is 11.3 Å². The van der Waals surface area contributed by atoms with Crippen molar-refractivity contribution in [2.75, 3.05) is 24.9 Å². The fourth-order valence-corrected chi connectivity index (χ4v) is 2.89. The minimum absolute atomic E-state index is 0.316. The number of nitrogens with one attached hydrogen (secondary N) is 2. The molecule has 25 heavy (non-hydrogen) atoms. The number of methoxy groups -OCH3 is 2. The fraction of sp³-hybridized carbons (Fsp3) is 0.111. The van der Waals surface area contributed by atoms with Crippen molar-refractivity contribution in [1.29, 1.82) is 0 Å². The molecule has 0 bridgehead atoms. The molecule has 0 saturated carbocycles. The summed E-state index contributed by atoms with van der Waals surface area (Å²) >= 11 is 1.36. The Morgan fingerprint density at radius 2 is 1.88 bits per heavy atom. The Bertz CT molecular complexity index is 865. The van der Waals surface area contributed by atoms with Crippen LogP contribution < -0.4 is 20.1 Å². The summed E-state index contributed by atoms with van der Waals surface area (Å²) in [4.78, 5) is 16.8. The van der Waals surface area contributed by atoms with E-state index in [0.29, 0.717) is 28.0 Å². The number of amides is 1. The van der Waals surface area contributed by atoms with E-state index in [0.717, 1.165) is 5.69 Å². The third-order valence-corrected chi connectivity index (χ3v) is 4.17. The molecule has 1 amide bonds. The number of para-hydroxylation sites is 1. The zero-order valence-electron chi connectivity index (χ0n) is 13.8. The van der Waals surface area contributed by atoms with E-state index >= 15 is 0 Å². The van der Waals surface area contributed by atoms with Crippen molar-refractivity contribution in [3.63, 3.8) is 0 Å². The van der Waals surface area contributed by atoms with Gasteiger partial charge < -0.3 is 20.1 Å². The first-order valence-electron chi connectivity index (χ1n) is 7.50. The maximum absolute atomic E-state index is 12.5. The monoisotopic (exact) mass is 355 g/mol.